The molecule has 0 saturated carbocycles. The minimum absolute atomic E-state index is 0.0194. The van der Waals surface area contributed by atoms with Crippen molar-refractivity contribution in [3.63, 3.8) is 0 Å². The molecule has 126 valence electrons. The van der Waals surface area contributed by atoms with Gasteiger partial charge in [-0.25, -0.2) is 4.98 Å². The van der Waals surface area contributed by atoms with Gasteiger partial charge in [0.25, 0.3) is 5.56 Å². The van der Waals surface area contributed by atoms with Crippen LogP contribution in [0.2, 0.25) is 0 Å². The van der Waals surface area contributed by atoms with E-state index in [0.29, 0.717) is 16.6 Å². The Morgan fingerprint density at radius 3 is 2.87 bits per heavy atom. The maximum atomic E-state index is 12.2. The Balaban J connectivity index is 1.95. The van der Waals surface area contributed by atoms with Crippen molar-refractivity contribution in [3.05, 3.63) is 28.1 Å². The summed E-state index contributed by atoms with van der Waals surface area (Å²) in [6, 6.07) is 1.48. The molecule has 1 amide bonds. The zero-order valence-electron chi connectivity index (χ0n) is 13.7. The number of amides is 1. The van der Waals surface area contributed by atoms with Gasteiger partial charge in [-0.2, -0.15) is 0 Å². The van der Waals surface area contributed by atoms with Crippen LogP contribution in [-0.4, -0.2) is 33.2 Å². The number of aliphatic hydroxyl groups excluding tert-OH is 1. The number of aryl methyl sites for hydroxylation is 1. The number of aromatic nitrogens is 2. The predicted molar refractivity (Wildman–Crippen MR) is 91.6 cm³/mol. The molecular formula is C16H23N3O3S. The third-order valence-electron chi connectivity index (χ3n) is 3.47. The zero-order valence-corrected chi connectivity index (χ0v) is 14.5. The highest BCUT2D eigenvalue weighted by molar-refractivity contribution is 7.16. The Bertz CT molecular complexity index is 730. The van der Waals surface area contributed by atoms with Crippen LogP contribution in [0.4, 0.5) is 0 Å². The Labute approximate surface area is 139 Å². The van der Waals surface area contributed by atoms with Crippen molar-refractivity contribution in [1.29, 1.82) is 0 Å². The summed E-state index contributed by atoms with van der Waals surface area (Å²) in [5.74, 6) is -0.175. The molecule has 0 saturated heterocycles. The summed E-state index contributed by atoms with van der Waals surface area (Å²) in [7, 11) is 0. The van der Waals surface area contributed by atoms with Gasteiger partial charge in [-0.1, -0.05) is 20.8 Å². The monoisotopic (exact) mass is 337 g/mol. The van der Waals surface area contributed by atoms with Gasteiger partial charge in [0, 0.05) is 13.0 Å². The fourth-order valence-corrected chi connectivity index (χ4v) is 3.20. The number of hydrogen-bond donors (Lipinski definition) is 2. The molecule has 1 unspecified atom stereocenters. The minimum atomic E-state index is -0.267. The SMILES string of the molecule is CC(C)(C)CC(CO)NC(=O)CCn1cnc2sccc2c1=O. The largest absolute Gasteiger partial charge is 0.394 e. The third kappa shape index (κ3) is 4.87. The summed E-state index contributed by atoms with van der Waals surface area (Å²) < 4.78 is 1.45. The van der Waals surface area contributed by atoms with Gasteiger partial charge in [-0.05, 0) is 23.3 Å². The standard InChI is InChI=1S/C16H23N3O3S/c1-16(2,3)8-11(9-20)18-13(21)4-6-19-10-17-14-12(15(19)22)5-7-23-14/h5,7,10-11,20H,4,6,8-9H2,1-3H3,(H,18,21). The van der Waals surface area contributed by atoms with Crippen LogP contribution in [0.25, 0.3) is 10.2 Å². The van der Waals surface area contributed by atoms with E-state index in [-0.39, 0.29) is 42.5 Å². The Hall–Kier alpha value is -1.73. The van der Waals surface area contributed by atoms with E-state index in [4.69, 9.17) is 0 Å². The smallest absolute Gasteiger partial charge is 0.262 e. The second kappa shape index (κ2) is 7.23. The molecule has 0 spiro atoms. The fourth-order valence-electron chi connectivity index (χ4n) is 2.47. The van der Waals surface area contributed by atoms with Crippen LogP contribution < -0.4 is 10.9 Å². The number of aliphatic hydroxyl groups is 1. The first-order chi connectivity index (χ1) is 10.8. The molecule has 2 N–H and O–H groups in total. The number of nitrogens with zero attached hydrogens (tertiary/aromatic N) is 2. The van der Waals surface area contributed by atoms with Gasteiger partial charge in [0.15, 0.2) is 0 Å². The van der Waals surface area contributed by atoms with Gasteiger partial charge < -0.3 is 10.4 Å². The molecule has 0 aliphatic heterocycles. The van der Waals surface area contributed by atoms with E-state index in [0.717, 1.165) is 0 Å². The molecule has 0 aliphatic carbocycles. The number of rotatable bonds is 6. The molecule has 2 heterocycles. The highest BCUT2D eigenvalue weighted by Crippen LogP contribution is 2.20. The molecule has 0 radical (unpaired) electrons. The van der Waals surface area contributed by atoms with Crippen molar-refractivity contribution in [2.24, 2.45) is 5.41 Å². The molecule has 0 aromatic carbocycles. The van der Waals surface area contributed by atoms with Gasteiger partial charge in [0.1, 0.15) is 4.83 Å². The number of hydrogen-bond acceptors (Lipinski definition) is 5. The number of thiophene rings is 1. The average Bonchev–Trinajstić information content (AvgIpc) is 2.93. The van der Waals surface area contributed by atoms with E-state index < -0.39 is 0 Å². The second-order valence-corrected chi connectivity index (χ2v) is 7.74. The summed E-state index contributed by atoms with van der Waals surface area (Å²) in [6.07, 6.45) is 2.35. The maximum Gasteiger partial charge on any atom is 0.262 e. The van der Waals surface area contributed by atoms with Crippen LogP contribution >= 0.6 is 11.3 Å². The lowest BCUT2D eigenvalue weighted by Gasteiger charge is -2.25. The maximum absolute atomic E-state index is 12.2. The van der Waals surface area contributed by atoms with Crippen molar-refractivity contribution in [2.75, 3.05) is 6.61 Å². The Morgan fingerprint density at radius 1 is 1.48 bits per heavy atom. The topological polar surface area (TPSA) is 84.2 Å². The fraction of sp³-hybridized carbons (Fsp3) is 0.562. The van der Waals surface area contributed by atoms with Crippen LogP contribution in [0, 0.1) is 5.41 Å². The minimum Gasteiger partial charge on any atom is -0.394 e. The van der Waals surface area contributed by atoms with Crippen LogP contribution in [-0.2, 0) is 11.3 Å². The normalized spacial score (nSPS) is 13.2. The van der Waals surface area contributed by atoms with Crippen LogP contribution in [0.1, 0.15) is 33.6 Å². The van der Waals surface area contributed by atoms with Crippen molar-refractivity contribution >= 4 is 27.5 Å². The van der Waals surface area contributed by atoms with Crippen LogP contribution in [0.3, 0.4) is 0 Å². The van der Waals surface area contributed by atoms with Gasteiger partial charge in [0.2, 0.25) is 5.91 Å². The lowest BCUT2D eigenvalue weighted by atomic mass is 9.88. The number of carbonyl (C=O) groups excluding carboxylic acids is 1. The highest BCUT2D eigenvalue weighted by Gasteiger charge is 2.19. The van der Waals surface area contributed by atoms with E-state index in [1.54, 1.807) is 6.07 Å². The first kappa shape index (κ1) is 17.6. The first-order valence-electron chi connectivity index (χ1n) is 7.63. The van der Waals surface area contributed by atoms with E-state index in [9.17, 15) is 14.7 Å². The van der Waals surface area contributed by atoms with Gasteiger partial charge >= 0.3 is 0 Å². The first-order valence-corrected chi connectivity index (χ1v) is 8.51. The van der Waals surface area contributed by atoms with Crippen molar-refractivity contribution in [2.45, 2.75) is 46.2 Å². The zero-order chi connectivity index (χ0) is 17.0. The second-order valence-electron chi connectivity index (χ2n) is 6.84. The van der Waals surface area contributed by atoms with Gasteiger partial charge in [-0.3, -0.25) is 14.2 Å². The van der Waals surface area contributed by atoms with Crippen molar-refractivity contribution in [3.8, 4) is 0 Å². The van der Waals surface area contributed by atoms with Gasteiger partial charge in [0.05, 0.1) is 24.4 Å². The van der Waals surface area contributed by atoms with E-state index >= 15 is 0 Å². The molecule has 2 aromatic rings. The third-order valence-corrected chi connectivity index (χ3v) is 4.30. The summed E-state index contributed by atoms with van der Waals surface area (Å²) in [4.78, 5) is 29.2. The van der Waals surface area contributed by atoms with E-state index in [1.807, 2.05) is 5.38 Å². The molecule has 23 heavy (non-hydrogen) atoms. The number of carbonyl (C=O) groups is 1. The summed E-state index contributed by atoms with van der Waals surface area (Å²) in [5, 5.41) is 14.6. The lowest BCUT2D eigenvalue weighted by molar-refractivity contribution is -0.122. The summed E-state index contributed by atoms with van der Waals surface area (Å²) in [6.45, 7) is 6.36. The molecule has 0 fully saturated rings. The molecule has 2 rings (SSSR count). The molecule has 7 heteroatoms. The molecule has 6 nitrogen and oxygen atoms in total. The van der Waals surface area contributed by atoms with Gasteiger partial charge in [-0.15, -0.1) is 11.3 Å². The van der Waals surface area contributed by atoms with Crippen molar-refractivity contribution in [1.82, 2.24) is 14.9 Å². The Morgan fingerprint density at radius 2 is 2.22 bits per heavy atom. The summed E-state index contributed by atoms with van der Waals surface area (Å²) >= 11 is 1.42. The quantitative estimate of drug-likeness (QED) is 0.841. The molecule has 2 aromatic heterocycles. The Kier molecular flexibility index (Phi) is 5.54. The predicted octanol–water partition coefficient (Wildman–Crippen LogP) is 1.76. The lowest BCUT2D eigenvalue weighted by Crippen LogP contribution is -2.40. The van der Waals surface area contributed by atoms with E-state index in [2.05, 4.69) is 31.1 Å². The van der Waals surface area contributed by atoms with Crippen LogP contribution in [0.5, 0.6) is 0 Å². The average molecular weight is 337 g/mol. The number of nitrogens with one attached hydrogen (secondary N) is 1. The van der Waals surface area contributed by atoms with Crippen LogP contribution in [0.15, 0.2) is 22.6 Å². The van der Waals surface area contributed by atoms with E-state index in [1.165, 1.54) is 22.2 Å². The molecule has 0 bridgehead atoms. The van der Waals surface area contributed by atoms with Crippen molar-refractivity contribution < 1.29 is 9.90 Å². The molecular weight excluding hydrogens is 314 g/mol. The molecule has 0 aliphatic rings. The highest BCUT2D eigenvalue weighted by atomic mass is 32.1. The molecule has 1 atom stereocenters. The summed E-state index contributed by atoms with van der Waals surface area (Å²) in [5.41, 5.74) is -0.108. The number of fused-ring (bicyclic) bond motifs is 1.